The van der Waals surface area contributed by atoms with Crippen LogP contribution in [0.15, 0.2) is 18.2 Å². The van der Waals surface area contributed by atoms with Gasteiger partial charge in [-0.3, -0.25) is 10.1 Å². The highest BCUT2D eigenvalue weighted by atomic mass is 19.1. The van der Waals surface area contributed by atoms with Crippen LogP contribution in [-0.2, 0) is 4.79 Å². The van der Waals surface area contributed by atoms with Gasteiger partial charge in [0.25, 0.3) is 0 Å². The smallest absolute Gasteiger partial charge is 0.238 e. The molecule has 0 heterocycles. The maximum absolute atomic E-state index is 13.0. The van der Waals surface area contributed by atoms with Crippen LogP contribution in [0.2, 0.25) is 0 Å². The Kier molecular flexibility index (Phi) is 4.68. The van der Waals surface area contributed by atoms with Crippen LogP contribution < -0.4 is 10.6 Å². The Hall–Kier alpha value is -2.37. The van der Waals surface area contributed by atoms with E-state index in [-0.39, 0.29) is 18.0 Å². The zero-order valence-electron chi connectivity index (χ0n) is 8.96. The number of terminal acetylenes is 1. The van der Waals surface area contributed by atoms with E-state index in [1.54, 1.807) is 6.07 Å². The van der Waals surface area contributed by atoms with Crippen molar-refractivity contribution in [3.8, 4) is 18.4 Å². The molecule has 0 aliphatic heterocycles. The van der Waals surface area contributed by atoms with E-state index in [2.05, 4.69) is 16.6 Å². The molecule has 0 unspecified atom stereocenters. The minimum atomic E-state index is -0.615. The highest BCUT2D eigenvalue weighted by Gasteiger charge is 2.05. The zero-order chi connectivity index (χ0) is 12.7. The molecule has 1 rings (SSSR count). The summed E-state index contributed by atoms with van der Waals surface area (Å²) in [6, 6.07) is 5.48. The highest BCUT2D eigenvalue weighted by Crippen LogP contribution is 2.13. The van der Waals surface area contributed by atoms with E-state index in [0.29, 0.717) is 12.2 Å². The van der Waals surface area contributed by atoms with Gasteiger partial charge in [-0.2, -0.15) is 5.26 Å². The minimum absolute atomic E-state index is 0.0590. The molecule has 0 bridgehead atoms. The number of anilines is 1. The van der Waals surface area contributed by atoms with Crippen molar-refractivity contribution in [2.75, 3.05) is 18.4 Å². The second-order valence-electron chi connectivity index (χ2n) is 3.16. The third-order valence-corrected chi connectivity index (χ3v) is 1.88. The third-order valence-electron chi connectivity index (χ3n) is 1.88. The molecule has 0 radical (unpaired) electrons. The van der Waals surface area contributed by atoms with E-state index in [4.69, 9.17) is 11.7 Å². The van der Waals surface area contributed by atoms with Crippen LogP contribution in [0.1, 0.15) is 5.56 Å². The SMILES string of the molecule is C#CCNCC(=O)Nc1ccc(F)c(C#N)c1. The van der Waals surface area contributed by atoms with Gasteiger partial charge in [0.15, 0.2) is 0 Å². The van der Waals surface area contributed by atoms with Crippen molar-refractivity contribution >= 4 is 11.6 Å². The average Bonchev–Trinajstić information content (AvgIpc) is 2.32. The number of nitrogens with one attached hydrogen (secondary N) is 2. The number of nitriles is 1. The predicted molar refractivity (Wildman–Crippen MR) is 61.4 cm³/mol. The summed E-state index contributed by atoms with van der Waals surface area (Å²) < 4.78 is 13.0. The molecule has 0 spiro atoms. The van der Waals surface area contributed by atoms with E-state index in [1.807, 2.05) is 0 Å². The lowest BCUT2D eigenvalue weighted by molar-refractivity contribution is -0.115. The maximum Gasteiger partial charge on any atom is 0.238 e. The Morgan fingerprint density at radius 2 is 2.29 bits per heavy atom. The highest BCUT2D eigenvalue weighted by molar-refractivity contribution is 5.92. The average molecular weight is 231 g/mol. The molecule has 0 aliphatic carbocycles. The second-order valence-corrected chi connectivity index (χ2v) is 3.16. The molecule has 4 nitrogen and oxygen atoms in total. The lowest BCUT2D eigenvalue weighted by Crippen LogP contribution is -2.28. The summed E-state index contributed by atoms with van der Waals surface area (Å²) in [5, 5.41) is 13.8. The van der Waals surface area contributed by atoms with Gasteiger partial charge < -0.3 is 5.32 Å². The molecule has 1 amide bonds. The molecule has 0 saturated heterocycles. The summed E-state index contributed by atoms with van der Waals surface area (Å²) in [7, 11) is 0. The van der Waals surface area contributed by atoms with Gasteiger partial charge in [0.05, 0.1) is 18.7 Å². The lowest BCUT2D eigenvalue weighted by Gasteiger charge is -2.05. The molecule has 0 aliphatic rings. The first kappa shape index (κ1) is 12.7. The van der Waals surface area contributed by atoms with Gasteiger partial charge >= 0.3 is 0 Å². The van der Waals surface area contributed by atoms with Gasteiger partial charge in [-0.05, 0) is 18.2 Å². The molecule has 0 aromatic heterocycles. The quantitative estimate of drug-likeness (QED) is 0.596. The largest absolute Gasteiger partial charge is 0.325 e. The van der Waals surface area contributed by atoms with Gasteiger partial charge in [-0.15, -0.1) is 6.42 Å². The van der Waals surface area contributed by atoms with E-state index in [1.165, 1.54) is 12.1 Å². The molecular weight excluding hydrogens is 221 g/mol. The number of benzene rings is 1. The van der Waals surface area contributed by atoms with Gasteiger partial charge in [0.2, 0.25) is 5.91 Å². The van der Waals surface area contributed by atoms with Gasteiger partial charge in [-0.1, -0.05) is 5.92 Å². The minimum Gasteiger partial charge on any atom is -0.325 e. The standard InChI is InChI=1S/C12H10FN3O/c1-2-5-15-8-12(17)16-10-3-4-11(13)9(6-10)7-14/h1,3-4,6,15H,5,8H2,(H,16,17). The summed E-state index contributed by atoms with van der Waals surface area (Å²) in [5.41, 5.74) is 0.259. The first-order valence-electron chi connectivity index (χ1n) is 4.81. The Balaban J connectivity index is 2.61. The number of rotatable bonds is 4. The molecule has 2 N–H and O–H groups in total. The molecule has 0 atom stereocenters. The van der Waals surface area contributed by atoms with E-state index in [0.717, 1.165) is 6.07 Å². The first-order valence-corrected chi connectivity index (χ1v) is 4.81. The van der Waals surface area contributed by atoms with Crippen molar-refractivity contribution in [1.29, 1.82) is 5.26 Å². The molecule has 17 heavy (non-hydrogen) atoms. The number of hydrogen-bond donors (Lipinski definition) is 2. The van der Waals surface area contributed by atoms with Crippen LogP contribution in [0.5, 0.6) is 0 Å². The van der Waals surface area contributed by atoms with Crippen LogP contribution in [0.4, 0.5) is 10.1 Å². The fourth-order valence-electron chi connectivity index (χ4n) is 1.14. The number of carbonyl (C=O) groups excluding carboxylic acids is 1. The zero-order valence-corrected chi connectivity index (χ0v) is 8.96. The van der Waals surface area contributed by atoms with Gasteiger partial charge in [-0.25, -0.2) is 4.39 Å². The summed E-state index contributed by atoms with van der Waals surface area (Å²) in [6.45, 7) is 0.351. The third kappa shape index (κ3) is 3.94. The molecular formula is C12H10FN3O. The fraction of sp³-hybridized carbons (Fsp3) is 0.167. The Bertz CT molecular complexity index is 499. The van der Waals surface area contributed by atoms with Crippen molar-refractivity contribution in [3.05, 3.63) is 29.6 Å². The predicted octanol–water partition coefficient (Wildman–Crippen LogP) is 0.859. The van der Waals surface area contributed by atoms with Crippen LogP contribution in [0.25, 0.3) is 0 Å². The fourth-order valence-corrected chi connectivity index (χ4v) is 1.14. The molecule has 86 valence electrons. The number of amides is 1. The summed E-state index contributed by atoms with van der Waals surface area (Å²) in [5.74, 6) is 1.40. The van der Waals surface area contributed by atoms with Crippen LogP contribution >= 0.6 is 0 Å². The lowest BCUT2D eigenvalue weighted by atomic mass is 10.2. The Morgan fingerprint density at radius 3 is 2.94 bits per heavy atom. The topological polar surface area (TPSA) is 64.9 Å². The molecule has 1 aromatic rings. The normalized spacial score (nSPS) is 9.12. The molecule has 1 aromatic carbocycles. The van der Waals surface area contributed by atoms with Crippen molar-refractivity contribution < 1.29 is 9.18 Å². The van der Waals surface area contributed by atoms with Crippen LogP contribution in [0.3, 0.4) is 0 Å². The molecule has 0 fully saturated rings. The van der Waals surface area contributed by atoms with Crippen LogP contribution in [0, 0.1) is 29.5 Å². The second kappa shape index (κ2) is 6.26. The number of halogens is 1. The van der Waals surface area contributed by atoms with Crippen molar-refractivity contribution in [2.24, 2.45) is 0 Å². The summed E-state index contributed by atoms with van der Waals surface area (Å²) in [6.07, 6.45) is 5.00. The Morgan fingerprint density at radius 1 is 1.53 bits per heavy atom. The Labute approximate surface area is 98.4 Å². The van der Waals surface area contributed by atoms with E-state index < -0.39 is 5.82 Å². The summed E-state index contributed by atoms with van der Waals surface area (Å²) >= 11 is 0. The van der Waals surface area contributed by atoms with Crippen molar-refractivity contribution in [1.82, 2.24) is 5.32 Å². The van der Waals surface area contributed by atoms with Gasteiger partial charge in [0.1, 0.15) is 11.9 Å². The first-order chi connectivity index (χ1) is 8.17. The van der Waals surface area contributed by atoms with Crippen molar-refractivity contribution in [2.45, 2.75) is 0 Å². The van der Waals surface area contributed by atoms with E-state index >= 15 is 0 Å². The van der Waals surface area contributed by atoms with E-state index in [9.17, 15) is 9.18 Å². The van der Waals surface area contributed by atoms with Crippen LogP contribution in [-0.4, -0.2) is 19.0 Å². The number of hydrogen-bond acceptors (Lipinski definition) is 3. The van der Waals surface area contributed by atoms with Gasteiger partial charge in [0, 0.05) is 5.69 Å². The van der Waals surface area contributed by atoms with Crippen molar-refractivity contribution in [3.63, 3.8) is 0 Å². The maximum atomic E-state index is 13.0. The number of nitrogens with zero attached hydrogens (tertiary/aromatic N) is 1. The summed E-state index contributed by atoms with van der Waals surface area (Å²) in [4.78, 5) is 11.4. The number of carbonyl (C=O) groups is 1. The molecule has 5 heteroatoms. The monoisotopic (exact) mass is 231 g/mol. The molecule has 0 saturated carbocycles.